The zero-order chi connectivity index (χ0) is 16.4. The molecule has 0 radical (unpaired) electrons. The fraction of sp³-hybridized carbons (Fsp3) is 0.263. The lowest BCUT2D eigenvalue weighted by molar-refractivity contribution is -0.124. The predicted octanol–water partition coefficient (Wildman–Crippen LogP) is 3.10. The summed E-state index contributed by atoms with van der Waals surface area (Å²) in [5, 5.41) is 12.6. The Morgan fingerprint density at radius 2 is 1.74 bits per heavy atom. The Kier molecular flexibility index (Phi) is 3.89. The van der Waals surface area contributed by atoms with Crippen molar-refractivity contribution in [1.29, 1.82) is 5.26 Å². The first-order valence-electron chi connectivity index (χ1n) is 7.66. The monoisotopic (exact) mass is 305 g/mol. The van der Waals surface area contributed by atoms with Gasteiger partial charge in [0.25, 0.3) is 5.91 Å². The van der Waals surface area contributed by atoms with Gasteiger partial charge in [-0.25, -0.2) is 10.0 Å². The van der Waals surface area contributed by atoms with Crippen LogP contribution in [-0.2, 0) is 10.2 Å². The van der Waals surface area contributed by atoms with Gasteiger partial charge in [0.1, 0.15) is 5.41 Å². The van der Waals surface area contributed by atoms with Crippen molar-refractivity contribution >= 4 is 11.6 Å². The molecule has 0 unspecified atom stereocenters. The minimum atomic E-state index is -0.794. The van der Waals surface area contributed by atoms with E-state index >= 15 is 0 Å². The Morgan fingerprint density at radius 1 is 1.09 bits per heavy atom. The highest BCUT2D eigenvalue weighted by Gasteiger charge is 2.52. The molecular formula is C19H19N3O. The summed E-state index contributed by atoms with van der Waals surface area (Å²) < 4.78 is 0. The van der Waals surface area contributed by atoms with Gasteiger partial charge in [-0.3, -0.25) is 4.79 Å². The van der Waals surface area contributed by atoms with E-state index < -0.39 is 5.41 Å². The van der Waals surface area contributed by atoms with Gasteiger partial charge in [-0.05, 0) is 23.6 Å². The summed E-state index contributed by atoms with van der Waals surface area (Å²) in [6.07, 6.45) is 0.809. The molecule has 0 N–H and O–H groups in total. The third-order valence-corrected chi connectivity index (χ3v) is 4.43. The molecule has 0 fully saturated rings. The van der Waals surface area contributed by atoms with E-state index in [1.807, 2.05) is 68.7 Å². The number of amides is 1. The molecule has 0 aromatic heterocycles. The Hall–Kier alpha value is -2.64. The number of benzene rings is 2. The van der Waals surface area contributed by atoms with Gasteiger partial charge >= 0.3 is 0 Å². The third kappa shape index (κ3) is 2.21. The summed E-state index contributed by atoms with van der Waals surface area (Å²) in [7, 11) is 3.72. The number of hydrazine groups is 1. The number of fused-ring (bicyclic) bond motifs is 1. The van der Waals surface area contributed by atoms with E-state index in [0.29, 0.717) is 12.8 Å². The van der Waals surface area contributed by atoms with Crippen LogP contribution in [0.3, 0.4) is 0 Å². The van der Waals surface area contributed by atoms with Crippen LogP contribution < -0.4 is 5.01 Å². The van der Waals surface area contributed by atoms with Crippen molar-refractivity contribution in [2.45, 2.75) is 18.3 Å². The van der Waals surface area contributed by atoms with Gasteiger partial charge < -0.3 is 0 Å². The second kappa shape index (κ2) is 5.86. The van der Waals surface area contributed by atoms with Gasteiger partial charge in [0, 0.05) is 20.5 Å². The second-order valence-electron chi connectivity index (χ2n) is 5.91. The highest BCUT2D eigenvalue weighted by molar-refractivity contribution is 6.09. The molecule has 23 heavy (non-hydrogen) atoms. The summed E-state index contributed by atoms with van der Waals surface area (Å²) >= 11 is 0. The molecule has 1 amide bonds. The molecule has 1 aliphatic rings. The number of para-hydroxylation sites is 1. The number of hydrogen-bond donors (Lipinski definition) is 0. The lowest BCUT2D eigenvalue weighted by Gasteiger charge is -2.30. The van der Waals surface area contributed by atoms with Crippen molar-refractivity contribution < 1.29 is 4.79 Å². The molecule has 1 aliphatic heterocycles. The Bertz CT molecular complexity index is 764. The van der Waals surface area contributed by atoms with Crippen LogP contribution in [0.15, 0.2) is 54.6 Å². The van der Waals surface area contributed by atoms with Crippen LogP contribution in [0.25, 0.3) is 0 Å². The van der Waals surface area contributed by atoms with Crippen LogP contribution in [0.5, 0.6) is 0 Å². The van der Waals surface area contributed by atoms with Gasteiger partial charge in [-0.15, -0.1) is 0 Å². The number of nitriles is 1. The lowest BCUT2D eigenvalue weighted by atomic mass is 9.72. The van der Waals surface area contributed by atoms with E-state index in [1.165, 1.54) is 0 Å². The summed E-state index contributed by atoms with van der Waals surface area (Å²) in [6.45, 7) is 0. The average molecular weight is 305 g/mol. The molecule has 4 nitrogen and oxygen atoms in total. The van der Waals surface area contributed by atoms with Crippen molar-refractivity contribution in [2.75, 3.05) is 19.1 Å². The molecule has 2 aromatic rings. The van der Waals surface area contributed by atoms with Crippen LogP contribution in [0.2, 0.25) is 0 Å². The Morgan fingerprint density at radius 3 is 2.39 bits per heavy atom. The average Bonchev–Trinajstić information content (AvgIpc) is 2.83. The number of carbonyl (C=O) groups is 1. The van der Waals surface area contributed by atoms with Crippen molar-refractivity contribution in [2.24, 2.45) is 0 Å². The zero-order valence-corrected chi connectivity index (χ0v) is 13.4. The Labute approximate surface area is 136 Å². The van der Waals surface area contributed by atoms with Gasteiger partial charge in [-0.2, -0.15) is 5.26 Å². The maximum Gasteiger partial charge on any atom is 0.256 e. The first kappa shape index (κ1) is 15.3. The standard InChI is InChI=1S/C19H19N3O/c1-21(2)22-17-12-7-6-11-16(17)19(18(22)23,13-8-14-20)15-9-4-3-5-10-15/h3-7,9-12H,8,13H2,1-2H3/t19-/m1/s1. The van der Waals surface area contributed by atoms with Crippen molar-refractivity contribution in [1.82, 2.24) is 5.01 Å². The molecule has 0 bridgehead atoms. The third-order valence-electron chi connectivity index (χ3n) is 4.43. The molecule has 2 aromatic carbocycles. The van der Waals surface area contributed by atoms with Crippen molar-refractivity contribution in [3.8, 4) is 6.07 Å². The molecule has 0 saturated heterocycles. The molecule has 0 aliphatic carbocycles. The summed E-state index contributed by atoms with van der Waals surface area (Å²) in [5.41, 5.74) is 2.01. The van der Waals surface area contributed by atoms with E-state index in [9.17, 15) is 4.79 Å². The molecule has 1 heterocycles. The number of carbonyl (C=O) groups excluding carboxylic acids is 1. The van der Waals surface area contributed by atoms with Gasteiger partial charge in [0.05, 0.1) is 11.8 Å². The normalized spacial score (nSPS) is 19.7. The quantitative estimate of drug-likeness (QED) is 0.872. The van der Waals surface area contributed by atoms with Gasteiger partial charge in [0.15, 0.2) is 0 Å². The van der Waals surface area contributed by atoms with E-state index in [1.54, 1.807) is 10.0 Å². The maximum atomic E-state index is 13.4. The molecule has 116 valence electrons. The zero-order valence-electron chi connectivity index (χ0n) is 13.4. The largest absolute Gasteiger partial charge is 0.272 e. The molecule has 0 saturated carbocycles. The van der Waals surface area contributed by atoms with E-state index in [4.69, 9.17) is 5.26 Å². The smallest absolute Gasteiger partial charge is 0.256 e. The highest BCUT2D eigenvalue weighted by atomic mass is 16.2. The molecule has 1 atom stereocenters. The highest BCUT2D eigenvalue weighted by Crippen LogP contribution is 2.48. The summed E-state index contributed by atoms with van der Waals surface area (Å²) in [4.78, 5) is 13.4. The van der Waals surface area contributed by atoms with E-state index in [-0.39, 0.29) is 5.91 Å². The summed E-state index contributed by atoms with van der Waals surface area (Å²) in [5.74, 6) is 0.00477. The number of hydrogen-bond acceptors (Lipinski definition) is 3. The fourth-order valence-electron chi connectivity index (χ4n) is 3.45. The number of rotatable bonds is 4. The van der Waals surface area contributed by atoms with Crippen molar-refractivity contribution in [3.63, 3.8) is 0 Å². The number of anilines is 1. The topological polar surface area (TPSA) is 47.3 Å². The van der Waals surface area contributed by atoms with Gasteiger partial charge in [-0.1, -0.05) is 48.5 Å². The second-order valence-corrected chi connectivity index (χ2v) is 5.91. The Balaban J connectivity index is 2.27. The van der Waals surface area contributed by atoms with Crippen LogP contribution in [-0.4, -0.2) is 25.0 Å². The fourth-order valence-corrected chi connectivity index (χ4v) is 3.45. The molecule has 0 spiro atoms. The minimum Gasteiger partial charge on any atom is -0.272 e. The van der Waals surface area contributed by atoms with E-state index in [2.05, 4.69) is 6.07 Å². The van der Waals surface area contributed by atoms with Crippen LogP contribution >= 0.6 is 0 Å². The SMILES string of the molecule is CN(C)N1C(=O)[C@](CCC#N)(c2ccccc2)c2ccccc21. The maximum absolute atomic E-state index is 13.4. The van der Waals surface area contributed by atoms with Crippen LogP contribution in [0.1, 0.15) is 24.0 Å². The lowest BCUT2D eigenvalue weighted by Crippen LogP contribution is -2.47. The molecule has 3 rings (SSSR count). The summed E-state index contributed by atoms with van der Waals surface area (Å²) in [6, 6.07) is 19.8. The van der Waals surface area contributed by atoms with Crippen LogP contribution in [0.4, 0.5) is 5.69 Å². The van der Waals surface area contributed by atoms with E-state index in [0.717, 1.165) is 16.8 Å². The van der Waals surface area contributed by atoms with Crippen molar-refractivity contribution in [3.05, 3.63) is 65.7 Å². The van der Waals surface area contributed by atoms with Crippen LogP contribution in [0, 0.1) is 11.3 Å². The first-order valence-corrected chi connectivity index (χ1v) is 7.66. The number of nitrogens with zero attached hydrogens (tertiary/aromatic N) is 3. The molecule has 4 heteroatoms. The predicted molar refractivity (Wildman–Crippen MR) is 89.7 cm³/mol. The first-order chi connectivity index (χ1) is 11.1. The van der Waals surface area contributed by atoms with Gasteiger partial charge in [0.2, 0.25) is 0 Å². The minimum absolute atomic E-state index is 0.00477. The molecular weight excluding hydrogens is 286 g/mol.